The Morgan fingerprint density at radius 1 is 1.19 bits per heavy atom. The van der Waals surface area contributed by atoms with Crippen LogP contribution >= 0.6 is 0 Å². The second-order valence-electron chi connectivity index (χ2n) is 11.6. The summed E-state index contributed by atoms with van der Waals surface area (Å²) in [5.41, 5.74) is 3.70. The highest BCUT2D eigenvalue weighted by molar-refractivity contribution is 5.25. The molecule has 1 heterocycles. The second kappa shape index (κ2) is 5.72. The summed E-state index contributed by atoms with van der Waals surface area (Å²) in [6, 6.07) is 0. The van der Waals surface area contributed by atoms with Crippen molar-refractivity contribution in [2.45, 2.75) is 78.4 Å². The second-order valence-corrected chi connectivity index (χ2v) is 11.6. The zero-order chi connectivity index (χ0) is 19.2. The van der Waals surface area contributed by atoms with Gasteiger partial charge in [-0.05, 0) is 91.4 Å². The molecular weight excluding hydrogens is 332 g/mol. The lowest BCUT2D eigenvalue weighted by Gasteiger charge is -2.56. The first-order chi connectivity index (χ1) is 12.7. The van der Waals surface area contributed by atoms with E-state index in [0.717, 1.165) is 18.3 Å². The molecule has 0 aromatic rings. The molecule has 9 atom stereocenters. The van der Waals surface area contributed by atoms with Crippen molar-refractivity contribution >= 4 is 0 Å². The summed E-state index contributed by atoms with van der Waals surface area (Å²) < 4.78 is 5.99. The minimum Gasteiger partial charge on any atom is -0.365 e. The van der Waals surface area contributed by atoms with E-state index < -0.39 is 5.79 Å². The maximum atomic E-state index is 11.1. The van der Waals surface area contributed by atoms with Crippen molar-refractivity contribution in [3.63, 3.8) is 0 Å². The van der Waals surface area contributed by atoms with Crippen LogP contribution in [0.5, 0.6) is 0 Å². The third-order valence-electron chi connectivity index (χ3n) is 9.98. The van der Waals surface area contributed by atoms with Crippen LogP contribution in [0.1, 0.15) is 72.6 Å². The lowest BCUT2D eigenvalue weighted by molar-refractivity contribution is -0.187. The van der Waals surface area contributed by atoms with E-state index in [1.165, 1.54) is 49.7 Å². The molecule has 27 heavy (non-hydrogen) atoms. The molecule has 3 saturated carbocycles. The molecule has 1 aliphatic heterocycles. The van der Waals surface area contributed by atoms with E-state index in [1.807, 2.05) is 0 Å². The highest BCUT2D eigenvalue weighted by Crippen LogP contribution is 2.67. The van der Waals surface area contributed by atoms with Crippen LogP contribution in [0.2, 0.25) is 0 Å². The molecular formula is C25H38O2. The fraction of sp³-hybridized carbons (Fsp3) is 0.840. The van der Waals surface area contributed by atoms with Crippen LogP contribution in [0.15, 0.2) is 23.8 Å². The lowest BCUT2D eigenvalue weighted by atomic mass is 9.49. The van der Waals surface area contributed by atoms with Crippen molar-refractivity contribution in [2.24, 2.45) is 46.3 Å². The Morgan fingerprint density at radius 3 is 2.67 bits per heavy atom. The molecule has 150 valence electrons. The summed E-state index contributed by atoms with van der Waals surface area (Å²) in [5, 5.41) is 11.1. The quantitative estimate of drug-likeness (QED) is 0.598. The predicted octanol–water partition coefficient (Wildman–Crippen LogP) is 5.72. The average molecular weight is 371 g/mol. The van der Waals surface area contributed by atoms with E-state index >= 15 is 0 Å². The Hall–Kier alpha value is -0.600. The van der Waals surface area contributed by atoms with Crippen LogP contribution in [0.25, 0.3) is 0 Å². The molecule has 0 bridgehead atoms. The van der Waals surface area contributed by atoms with Gasteiger partial charge in [-0.25, -0.2) is 0 Å². The Labute approximate surface area is 165 Å². The first-order valence-electron chi connectivity index (χ1n) is 11.4. The van der Waals surface area contributed by atoms with Gasteiger partial charge in [-0.1, -0.05) is 39.0 Å². The average Bonchev–Trinajstić information content (AvgIpc) is 3.15. The van der Waals surface area contributed by atoms with Crippen LogP contribution in [-0.4, -0.2) is 17.5 Å². The van der Waals surface area contributed by atoms with Gasteiger partial charge in [0.1, 0.15) is 0 Å². The van der Waals surface area contributed by atoms with E-state index in [1.54, 1.807) is 0 Å². The van der Waals surface area contributed by atoms with Crippen LogP contribution < -0.4 is 0 Å². The fourth-order valence-electron chi connectivity index (χ4n) is 8.54. The number of allylic oxidation sites excluding steroid dienone is 2. The van der Waals surface area contributed by atoms with Crippen LogP contribution in [0, 0.1) is 46.3 Å². The summed E-state index contributed by atoms with van der Waals surface area (Å²) in [6.45, 7) is 14.8. The van der Waals surface area contributed by atoms with Gasteiger partial charge < -0.3 is 9.84 Å². The molecule has 2 heteroatoms. The number of aliphatic hydroxyl groups is 1. The fourth-order valence-corrected chi connectivity index (χ4v) is 8.54. The first kappa shape index (κ1) is 18.4. The smallest absolute Gasteiger partial charge is 0.173 e. The SMILES string of the molecule is C=C(C)[C@@H]1CC[C@]2(C)CC[C@@]3(C)C[C@@H]4[C@H](C)C[C@]5(O)OC/C(=C/C[C@@H]3[C@@H]12)[C@H]45. The van der Waals surface area contributed by atoms with E-state index in [9.17, 15) is 5.11 Å². The van der Waals surface area contributed by atoms with E-state index in [0.29, 0.717) is 35.2 Å². The molecule has 4 fully saturated rings. The van der Waals surface area contributed by atoms with Crippen molar-refractivity contribution in [2.75, 3.05) is 6.61 Å². The van der Waals surface area contributed by atoms with Gasteiger partial charge in [-0.15, -0.1) is 0 Å². The number of hydrogen-bond donors (Lipinski definition) is 1. The van der Waals surface area contributed by atoms with Gasteiger partial charge in [0.25, 0.3) is 0 Å². The topological polar surface area (TPSA) is 29.5 Å². The minimum atomic E-state index is -0.879. The first-order valence-corrected chi connectivity index (χ1v) is 11.4. The molecule has 1 saturated heterocycles. The van der Waals surface area contributed by atoms with E-state index in [-0.39, 0.29) is 5.92 Å². The van der Waals surface area contributed by atoms with Gasteiger partial charge in [-0.3, -0.25) is 0 Å². The van der Waals surface area contributed by atoms with Crippen LogP contribution in [-0.2, 0) is 4.74 Å². The van der Waals surface area contributed by atoms with Gasteiger partial charge in [0.2, 0.25) is 0 Å². The van der Waals surface area contributed by atoms with Gasteiger partial charge in [0, 0.05) is 12.3 Å². The third kappa shape index (κ3) is 2.45. The van der Waals surface area contributed by atoms with Crippen molar-refractivity contribution in [3.8, 4) is 0 Å². The van der Waals surface area contributed by atoms with Crippen molar-refractivity contribution < 1.29 is 9.84 Å². The zero-order valence-electron chi connectivity index (χ0n) is 17.8. The maximum Gasteiger partial charge on any atom is 0.173 e. The summed E-state index contributed by atoms with van der Waals surface area (Å²) in [5.74, 6) is 2.72. The molecule has 0 amide bonds. The molecule has 0 spiro atoms. The highest BCUT2D eigenvalue weighted by Gasteiger charge is 2.62. The Morgan fingerprint density at radius 2 is 1.93 bits per heavy atom. The summed E-state index contributed by atoms with van der Waals surface area (Å²) in [7, 11) is 0. The number of fused-ring (bicyclic) bond motifs is 3. The van der Waals surface area contributed by atoms with Gasteiger partial charge in [-0.2, -0.15) is 0 Å². The van der Waals surface area contributed by atoms with E-state index in [2.05, 4.69) is 40.3 Å². The number of ether oxygens (including phenoxy) is 1. The molecule has 0 unspecified atom stereocenters. The van der Waals surface area contributed by atoms with Gasteiger partial charge >= 0.3 is 0 Å². The zero-order valence-corrected chi connectivity index (χ0v) is 17.8. The van der Waals surface area contributed by atoms with Crippen LogP contribution in [0.3, 0.4) is 0 Å². The molecule has 2 nitrogen and oxygen atoms in total. The normalized spacial score (nSPS) is 58.5. The van der Waals surface area contributed by atoms with Crippen molar-refractivity contribution in [1.82, 2.24) is 0 Å². The highest BCUT2D eigenvalue weighted by atomic mass is 16.6. The Balaban J connectivity index is 1.57. The molecule has 0 radical (unpaired) electrons. The summed E-state index contributed by atoms with van der Waals surface area (Å²) in [6.07, 6.45) is 11.2. The standard InChI is InChI=1S/C25H38O2/c1-15(2)18-8-9-23(4)10-11-24(5)13-19-16(3)12-25(26)21(19)17(14-27-25)6-7-20(24)22(18)23/h6,16,18-22,26H,1,7-14H2,2-5H3/b17-6-/t16-,18+,19-,20-,21-,22-,23-,24+,25+/m1/s1. The van der Waals surface area contributed by atoms with Crippen molar-refractivity contribution in [3.05, 3.63) is 23.8 Å². The molecule has 4 aliphatic carbocycles. The molecule has 5 aliphatic rings. The van der Waals surface area contributed by atoms with Gasteiger partial charge in [0.05, 0.1) is 6.61 Å². The van der Waals surface area contributed by atoms with Crippen molar-refractivity contribution in [1.29, 1.82) is 0 Å². The third-order valence-corrected chi connectivity index (χ3v) is 9.98. The minimum absolute atomic E-state index is 0.249. The maximum absolute atomic E-state index is 11.1. The molecule has 0 aromatic heterocycles. The number of rotatable bonds is 1. The van der Waals surface area contributed by atoms with Gasteiger partial charge in [0.15, 0.2) is 5.79 Å². The molecule has 0 aromatic carbocycles. The Bertz CT molecular complexity index is 694. The Kier molecular flexibility index (Phi) is 3.91. The summed E-state index contributed by atoms with van der Waals surface area (Å²) in [4.78, 5) is 0. The summed E-state index contributed by atoms with van der Waals surface area (Å²) >= 11 is 0. The lowest BCUT2D eigenvalue weighted by Crippen LogP contribution is -2.48. The van der Waals surface area contributed by atoms with Crippen LogP contribution in [0.4, 0.5) is 0 Å². The molecule has 1 N–H and O–H groups in total. The largest absolute Gasteiger partial charge is 0.365 e. The van der Waals surface area contributed by atoms with E-state index in [4.69, 9.17) is 4.74 Å². The number of hydrogen-bond acceptors (Lipinski definition) is 2. The predicted molar refractivity (Wildman–Crippen MR) is 109 cm³/mol. The molecule has 5 rings (SSSR count). The monoisotopic (exact) mass is 370 g/mol.